The second-order valence-corrected chi connectivity index (χ2v) is 9.06. The third-order valence-corrected chi connectivity index (χ3v) is 6.79. The highest BCUT2D eigenvalue weighted by molar-refractivity contribution is 6.16. The van der Waals surface area contributed by atoms with Gasteiger partial charge in [-0.15, -0.1) is 0 Å². The van der Waals surface area contributed by atoms with Crippen molar-refractivity contribution in [3.8, 4) is 17.2 Å². The quantitative estimate of drug-likeness (QED) is 0.265. The molecule has 0 spiro atoms. The number of hydrogen-bond acceptors (Lipinski definition) is 7. The van der Waals surface area contributed by atoms with Crippen molar-refractivity contribution in [2.24, 2.45) is 0 Å². The number of fused-ring (bicyclic) bond motifs is 1. The van der Waals surface area contributed by atoms with Crippen LogP contribution in [0.2, 0.25) is 0 Å². The standard InChI is InChI=1S/C31H29NO7/c1-4-38-22-14-13-20(17-24(22)37-3)27-26(28(33)25-18-21-11-8-12-23(36-2)30(21)39-25)29(34)31(35)32(27)16-15-19-9-6-5-7-10-19/h5-14,17-18,27,34H,4,15-16H2,1-3H3. The number of amides is 1. The number of rotatable bonds is 10. The van der Waals surface area contributed by atoms with E-state index in [4.69, 9.17) is 18.6 Å². The summed E-state index contributed by atoms with van der Waals surface area (Å²) in [4.78, 5) is 28.8. The number of nitrogens with zero attached hydrogens (tertiary/aromatic N) is 1. The van der Waals surface area contributed by atoms with Crippen LogP contribution in [0.1, 0.15) is 34.6 Å². The monoisotopic (exact) mass is 527 g/mol. The zero-order valence-corrected chi connectivity index (χ0v) is 22.0. The second-order valence-electron chi connectivity index (χ2n) is 9.06. The maximum absolute atomic E-state index is 13.9. The number of para-hydroxylation sites is 1. The first-order chi connectivity index (χ1) is 19.0. The summed E-state index contributed by atoms with van der Waals surface area (Å²) in [5.74, 6) is -0.342. The van der Waals surface area contributed by atoms with Crippen LogP contribution >= 0.6 is 0 Å². The molecule has 1 amide bonds. The van der Waals surface area contributed by atoms with E-state index in [9.17, 15) is 14.7 Å². The van der Waals surface area contributed by atoms with Crippen LogP contribution < -0.4 is 14.2 Å². The van der Waals surface area contributed by atoms with Gasteiger partial charge < -0.3 is 28.6 Å². The van der Waals surface area contributed by atoms with Crippen LogP contribution in [0.5, 0.6) is 17.2 Å². The molecule has 3 aromatic carbocycles. The average Bonchev–Trinajstić information content (AvgIpc) is 3.51. The lowest BCUT2D eigenvalue weighted by atomic mass is 9.94. The molecule has 8 heteroatoms. The maximum atomic E-state index is 13.9. The van der Waals surface area contributed by atoms with Gasteiger partial charge in [-0.1, -0.05) is 48.5 Å². The third-order valence-electron chi connectivity index (χ3n) is 6.79. The van der Waals surface area contributed by atoms with Crippen molar-refractivity contribution in [3.05, 3.63) is 101 Å². The number of benzene rings is 3. The fourth-order valence-corrected chi connectivity index (χ4v) is 4.93. The number of ether oxygens (including phenoxy) is 3. The van der Waals surface area contributed by atoms with Crippen LogP contribution in [0, 0.1) is 0 Å². The van der Waals surface area contributed by atoms with Gasteiger partial charge in [-0.3, -0.25) is 9.59 Å². The van der Waals surface area contributed by atoms with Gasteiger partial charge in [0.15, 0.2) is 34.4 Å². The van der Waals surface area contributed by atoms with Gasteiger partial charge >= 0.3 is 0 Å². The van der Waals surface area contributed by atoms with Crippen molar-refractivity contribution in [2.75, 3.05) is 27.4 Å². The SMILES string of the molecule is CCOc1ccc(C2C(C(=O)c3cc4cccc(OC)c4o3)=C(O)C(=O)N2CCc2ccccc2)cc1OC. The number of ketones is 1. The van der Waals surface area contributed by atoms with Gasteiger partial charge in [-0.2, -0.15) is 0 Å². The first kappa shape index (κ1) is 25.9. The largest absolute Gasteiger partial charge is 0.503 e. The first-order valence-corrected chi connectivity index (χ1v) is 12.7. The van der Waals surface area contributed by atoms with E-state index in [1.165, 1.54) is 19.1 Å². The van der Waals surface area contributed by atoms with E-state index < -0.39 is 23.5 Å². The molecule has 1 aliphatic heterocycles. The Kier molecular flexibility index (Phi) is 7.27. The third kappa shape index (κ3) is 4.81. The number of carbonyl (C=O) groups is 2. The van der Waals surface area contributed by atoms with Crippen molar-refractivity contribution >= 4 is 22.7 Å². The molecular weight excluding hydrogens is 498 g/mol. The summed E-state index contributed by atoms with van der Waals surface area (Å²) < 4.78 is 22.5. The van der Waals surface area contributed by atoms with Crippen LogP contribution in [0.3, 0.4) is 0 Å². The first-order valence-electron chi connectivity index (χ1n) is 12.7. The number of aliphatic hydroxyl groups is 1. The molecule has 1 unspecified atom stereocenters. The molecule has 1 aliphatic rings. The van der Waals surface area contributed by atoms with Crippen molar-refractivity contribution in [3.63, 3.8) is 0 Å². The number of Topliss-reactive ketones (excluding diaryl/α,β-unsaturated/α-hetero) is 1. The molecule has 0 saturated carbocycles. The van der Waals surface area contributed by atoms with Gasteiger partial charge in [0, 0.05) is 11.9 Å². The average molecular weight is 528 g/mol. The summed E-state index contributed by atoms with van der Waals surface area (Å²) in [7, 11) is 3.04. The molecule has 0 saturated heterocycles. The zero-order valence-electron chi connectivity index (χ0n) is 22.0. The molecule has 1 aromatic heterocycles. The van der Waals surface area contributed by atoms with Crippen LogP contribution in [-0.2, 0) is 11.2 Å². The van der Waals surface area contributed by atoms with Gasteiger partial charge in [0.1, 0.15) is 0 Å². The summed E-state index contributed by atoms with van der Waals surface area (Å²) in [6.07, 6.45) is 0.536. The zero-order chi connectivity index (χ0) is 27.5. The number of hydrogen-bond donors (Lipinski definition) is 1. The molecule has 39 heavy (non-hydrogen) atoms. The van der Waals surface area contributed by atoms with Crippen molar-refractivity contribution < 1.29 is 33.3 Å². The molecule has 5 rings (SSSR count). The Bertz CT molecular complexity index is 1550. The van der Waals surface area contributed by atoms with Crippen LogP contribution in [-0.4, -0.2) is 49.1 Å². The van der Waals surface area contributed by atoms with Gasteiger partial charge in [0.05, 0.1) is 32.4 Å². The fourth-order valence-electron chi connectivity index (χ4n) is 4.93. The van der Waals surface area contributed by atoms with E-state index in [-0.39, 0.29) is 17.9 Å². The minimum atomic E-state index is -0.867. The number of carbonyl (C=O) groups excluding carboxylic acids is 2. The predicted molar refractivity (Wildman–Crippen MR) is 146 cm³/mol. The van der Waals surface area contributed by atoms with E-state index in [1.807, 2.05) is 37.3 Å². The molecule has 0 radical (unpaired) electrons. The Hall–Kier alpha value is -4.72. The molecule has 0 bridgehead atoms. The summed E-state index contributed by atoms with van der Waals surface area (Å²) >= 11 is 0. The minimum Gasteiger partial charge on any atom is -0.503 e. The molecule has 1 N–H and O–H groups in total. The van der Waals surface area contributed by atoms with Crippen LogP contribution in [0.4, 0.5) is 0 Å². The Balaban J connectivity index is 1.58. The highest BCUT2D eigenvalue weighted by Crippen LogP contribution is 2.42. The summed E-state index contributed by atoms with van der Waals surface area (Å²) in [5.41, 5.74) is 1.97. The topological polar surface area (TPSA) is 98.4 Å². The van der Waals surface area contributed by atoms with Gasteiger partial charge in [-0.25, -0.2) is 0 Å². The fraction of sp³-hybridized carbons (Fsp3) is 0.226. The van der Waals surface area contributed by atoms with E-state index in [0.717, 1.165) is 5.56 Å². The molecule has 4 aromatic rings. The van der Waals surface area contributed by atoms with Gasteiger partial charge in [0.2, 0.25) is 5.78 Å². The highest BCUT2D eigenvalue weighted by Gasteiger charge is 2.44. The lowest BCUT2D eigenvalue weighted by Gasteiger charge is -2.27. The van der Waals surface area contributed by atoms with Crippen molar-refractivity contribution in [1.29, 1.82) is 0 Å². The van der Waals surface area contributed by atoms with Crippen molar-refractivity contribution in [1.82, 2.24) is 4.90 Å². The Morgan fingerprint density at radius 2 is 1.72 bits per heavy atom. The summed E-state index contributed by atoms with van der Waals surface area (Å²) in [6, 6.07) is 21.0. The van der Waals surface area contributed by atoms with E-state index in [0.29, 0.717) is 46.8 Å². The minimum absolute atomic E-state index is 0.00309. The molecule has 2 heterocycles. The van der Waals surface area contributed by atoms with E-state index in [1.54, 1.807) is 42.5 Å². The highest BCUT2D eigenvalue weighted by atomic mass is 16.5. The Labute approximate surface area is 226 Å². The maximum Gasteiger partial charge on any atom is 0.290 e. The molecular formula is C31H29NO7. The Morgan fingerprint density at radius 1 is 0.949 bits per heavy atom. The molecule has 200 valence electrons. The normalized spacial score (nSPS) is 15.2. The molecule has 1 atom stereocenters. The predicted octanol–water partition coefficient (Wildman–Crippen LogP) is 5.67. The lowest BCUT2D eigenvalue weighted by molar-refractivity contribution is -0.129. The molecule has 0 fully saturated rings. The van der Waals surface area contributed by atoms with Gasteiger partial charge in [0.25, 0.3) is 5.91 Å². The van der Waals surface area contributed by atoms with Crippen LogP contribution in [0.15, 0.2) is 88.5 Å². The van der Waals surface area contributed by atoms with Crippen LogP contribution in [0.25, 0.3) is 11.0 Å². The number of methoxy groups -OCH3 is 2. The second kappa shape index (κ2) is 10.9. The Morgan fingerprint density at radius 3 is 2.44 bits per heavy atom. The molecule has 8 nitrogen and oxygen atoms in total. The number of aliphatic hydroxyl groups excluding tert-OH is 1. The summed E-state index contributed by atoms with van der Waals surface area (Å²) in [6.45, 7) is 2.59. The van der Waals surface area contributed by atoms with Crippen molar-refractivity contribution in [2.45, 2.75) is 19.4 Å². The summed E-state index contributed by atoms with van der Waals surface area (Å²) in [5, 5.41) is 11.7. The van der Waals surface area contributed by atoms with E-state index in [2.05, 4.69) is 0 Å². The lowest BCUT2D eigenvalue weighted by Crippen LogP contribution is -2.33. The molecule has 0 aliphatic carbocycles. The van der Waals surface area contributed by atoms with E-state index >= 15 is 0 Å². The van der Waals surface area contributed by atoms with Gasteiger partial charge in [-0.05, 0) is 48.7 Å². The number of furan rings is 1. The smallest absolute Gasteiger partial charge is 0.290 e.